The fourth-order valence-electron chi connectivity index (χ4n) is 2.00. The summed E-state index contributed by atoms with van der Waals surface area (Å²) in [6, 6.07) is 4.07. The zero-order valence-electron chi connectivity index (χ0n) is 10.9. The molecule has 0 bridgehead atoms. The third-order valence-corrected chi connectivity index (χ3v) is 3.21. The van der Waals surface area contributed by atoms with E-state index in [1.807, 2.05) is 0 Å². The van der Waals surface area contributed by atoms with Crippen LogP contribution in [0.4, 0.5) is 13.2 Å². The number of rotatable bonds is 3. The second kappa shape index (κ2) is 5.03. The van der Waals surface area contributed by atoms with Crippen LogP contribution >= 0.6 is 0 Å². The highest BCUT2D eigenvalue weighted by Crippen LogP contribution is 2.39. The van der Waals surface area contributed by atoms with E-state index in [2.05, 4.69) is 9.99 Å². The minimum atomic E-state index is -4.97. The number of aromatic carboxylic acids is 1. The monoisotopic (exact) mass is 303 g/mol. The number of hydrogen-bond acceptors (Lipinski definition) is 4. The average Bonchev–Trinajstić information content (AvgIpc) is 2.81. The summed E-state index contributed by atoms with van der Waals surface area (Å²) < 4.78 is 37.9. The predicted octanol–water partition coefficient (Wildman–Crippen LogP) is 2.32. The van der Waals surface area contributed by atoms with Gasteiger partial charge in [0.2, 0.25) is 0 Å². The highest BCUT2D eigenvalue weighted by Gasteiger charge is 2.60. The minimum Gasteiger partial charge on any atom is -0.478 e. The normalized spacial score (nSPS) is 21.9. The Morgan fingerprint density at radius 3 is 2.62 bits per heavy atom. The van der Waals surface area contributed by atoms with Crippen LogP contribution in [0, 0.1) is 0 Å². The Hall–Kier alpha value is -2.09. The highest BCUT2D eigenvalue weighted by molar-refractivity contribution is 6.02. The maximum Gasteiger partial charge on any atom is 0.458 e. The maximum atomic E-state index is 12.6. The molecule has 0 amide bonds. The fraction of sp³-hybridized carbons (Fsp3) is 0.385. The highest BCUT2D eigenvalue weighted by atomic mass is 19.4. The molecule has 1 atom stereocenters. The van der Waals surface area contributed by atoms with E-state index in [1.54, 1.807) is 6.92 Å². The quantitative estimate of drug-likeness (QED) is 0.898. The summed E-state index contributed by atoms with van der Waals surface area (Å²) in [4.78, 5) is 15.1. The molecule has 8 heteroatoms. The van der Waals surface area contributed by atoms with E-state index in [0.29, 0.717) is 12.0 Å². The number of oxime groups is 1. The van der Waals surface area contributed by atoms with Crippen molar-refractivity contribution in [2.24, 2.45) is 5.16 Å². The second-order valence-corrected chi connectivity index (χ2v) is 4.62. The van der Waals surface area contributed by atoms with Crippen molar-refractivity contribution >= 4 is 11.7 Å². The number of hydrogen-bond donors (Lipinski definition) is 2. The standard InChI is InChI=1S/C13H12F3NO4/c1-2-7-5-8(3-4-9(7)11(18)19)10-6-12(20,21-17-10)13(14,15)16/h3-5,20H,2,6H2,1H3,(H,18,19). The lowest BCUT2D eigenvalue weighted by molar-refractivity contribution is -0.355. The van der Waals surface area contributed by atoms with Crippen LogP contribution in [-0.2, 0) is 11.3 Å². The Morgan fingerprint density at radius 1 is 1.48 bits per heavy atom. The van der Waals surface area contributed by atoms with Gasteiger partial charge in [-0.1, -0.05) is 18.1 Å². The number of halogens is 3. The van der Waals surface area contributed by atoms with Gasteiger partial charge in [0.05, 0.1) is 17.7 Å². The van der Waals surface area contributed by atoms with Crippen molar-refractivity contribution in [3.8, 4) is 0 Å². The first-order chi connectivity index (χ1) is 9.68. The lowest BCUT2D eigenvalue weighted by atomic mass is 9.96. The van der Waals surface area contributed by atoms with Crippen molar-refractivity contribution in [3.05, 3.63) is 34.9 Å². The summed E-state index contributed by atoms with van der Waals surface area (Å²) in [6.45, 7) is 1.73. The van der Waals surface area contributed by atoms with Gasteiger partial charge in [-0.15, -0.1) is 0 Å². The molecule has 1 aromatic rings. The minimum absolute atomic E-state index is 0.0758. The zero-order valence-corrected chi connectivity index (χ0v) is 10.9. The molecule has 1 unspecified atom stereocenters. The van der Waals surface area contributed by atoms with Gasteiger partial charge >= 0.3 is 17.9 Å². The SMILES string of the molecule is CCc1cc(C2=NOC(O)(C(F)(F)F)C2)ccc1C(=O)O. The molecule has 114 valence electrons. The Kier molecular flexibility index (Phi) is 3.66. The molecule has 5 nitrogen and oxygen atoms in total. The number of carboxylic acids is 1. The molecule has 0 spiro atoms. The smallest absolute Gasteiger partial charge is 0.458 e. The summed E-state index contributed by atoms with van der Waals surface area (Å²) in [7, 11) is 0. The van der Waals surface area contributed by atoms with Gasteiger partial charge in [0.25, 0.3) is 0 Å². The predicted molar refractivity (Wildman–Crippen MR) is 66.0 cm³/mol. The van der Waals surface area contributed by atoms with Crippen molar-refractivity contribution in [1.29, 1.82) is 0 Å². The second-order valence-electron chi connectivity index (χ2n) is 4.62. The van der Waals surface area contributed by atoms with Gasteiger partial charge in [-0.25, -0.2) is 4.79 Å². The molecule has 1 heterocycles. The Labute approximate surface area is 117 Å². The summed E-state index contributed by atoms with van der Waals surface area (Å²) in [5.41, 5.74) is 0.746. The van der Waals surface area contributed by atoms with Gasteiger partial charge in [0, 0.05) is 0 Å². The van der Waals surface area contributed by atoms with Crippen LogP contribution < -0.4 is 0 Å². The molecule has 21 heavy (non-hydrogen) atoms. The molecule has 0 fully saturated rings. The van der Waals surface area contributed by atoms with Crippen molar-refractivity contribution < 1.29 is 33.0 Å². The molecule has 0 aromatic heterocycles. The molecule has 0 saturated heterocycles. The van der Waals surface area contributed by atoms with Gasteiger partial charge < -0.3 is 15.1 Å². The van der Waals surface area contributed by atoms with Gasteiger partial charge in [0.1, 0.15) is 0 Å². The summed E-state index contributed by atoms with van der Waals surface area (Å²) in [5.74, 6) is -4.45. The topological polar surface area (TPSA) is 79.1 Å². The number of nitrogens with zero attached hydrogens (tertiary/aromatic N) is 1. The third kappa shape index (κ3) is 2.71. The first kappa shape index (κ1) is 15.3. The lowest BCUT2D eigenvalue weighted by Crippen LogP contribution is -2.45. The third-order valence-electron chi connectivity index (χ3n) is 3.21. The average molecular weight is 303 g/mol. The van der Waals surface area contributed by atoms with E-state index in [0.717, 1.165) is 0 Å². The van der Waals surface area contributed by atoms with E-state index in [1.165, 1.54) is 18.2 Å². The Balaban J connectivity index is 2.31. The van der Waals surface area contributed by atoms with Crippen molar-refractivity contribution in [2.45, 2.75) is 31.7 Å². The Bertz CT molecular complexity index is 612. The first-order valence-corrected chi connectivity index (χ1v) is 6.08. The lowest BCUT2D eigenvalue weighted by Gasteiger charge is -2.22. The van der Waals surface area contributed by atoms with E-state index in [-0.39, 0.29) is 16.8 Å². The van der Waals surface area contributed by atoms with Crippen molar-refractivity contribution in [2.75, 3.05) is 0 Å². The fourth-order valence-corrected chi connectivity index (χ4v) is 2.00. The molecule has 1 aromatic carbocycles. The molecule has 1 aliphatic heterocycles. The number of benzene rings is 1. The van der Waals surface area contributed by atoms with Crippen molar-refractivity contribution in [3.63, 3.8) is 0 Å². The van der Waals surface area contributed by atoms with Crippen molar-refractivity contribution in [1.82, 2.24) is 0 Å². The van der Waals surface area contributed by atoms with Crippen LogP contribution in [0.3, 0.4) is 0 Å². The maximum absolute atomic E-state index is 12.6. The van der Waals surface area contributed by atoms with E-state index < -0.39 is 24.4 Å². The first-order valence-electron chi connectivity index (χ1n) is 6.08. The van der Waals surface area contributed by atoms with E-state index in [9.17, 15) is 23.1 Å². The molecular weight excluding hydrogens is 291 g/mol. The zero-order chi connectivity index (χ0) is 15.8. The van der Waals surface area contributed by atoms with Crippen LogP contribution in [0.1, 0.15) is 34.8 Å². The van der Waals surface area contributed by atoms with Gasteiger partial charge in [0.15, 0.2) is 0 Å². The number of alkyl halides is 3. The van der Waals surface area contributed by atoms with E-state index >= 15 is 0 Å². The molecule has 0 radical (unpaired) electrons. The summed E-state index contributed by atoms with van der Waals surface area (Å²) >= 11 is 0. The molecule has 2 rings (SSSR count). The van der Waals surface area contributed by atoms with Crippen LogP contribution in [-0.4, -0.2) is 33.9 Å². The van der Waals surface area contributed by atoms with Crippen LogP contribution in [0.25, 0.3) is 0 Å². The van der Waals surface area contributed by atoms with Crippen LogP contribution in [0.2, 0.25) is 0 Å². The molecule has 0 saturated carbocycles. The molecular formula is C13H12F3NO4. The van der Waals surface area contributed by atoms with Gasteiger partial charge in [-0.3, -0.25) is 0 Å². The molecule has 2 N–H and O–H groups in total. The molecule has 1 aliphatic rings. The van der Waals surface area contributed by atoms with Crippen LogP contribution in [0.5, 0.6) is 0 Å². The van der Waals surface area contributed by atoms with Gasteiger partial charge in [-0.2, -0.15) is 13.2 Å². The number of carbonyl (C=O) groups is 1. The summed E-state index contributed by atoms with van der Waals surface area (Å²) in [5, 5.41) is 21.6. The van der Waals surface area contributed by atoms with Gasteiger partial charge in [-0.05, 0) is 29.7 Å². The van der Waals surface area contributed by atoms with E-state index in [4.69, 9.17) is 5.11 Å². The number of aliphatic hydroxyl groups is 1. The van der Waals surface area contributed by atoms with Crippen LogP contribution in [0.15, 0.2) is 23.4 Å². The molecule has 0 aliphatic carbocycles. The number of aryl methyl sites for hydroxylation is 1. The largest absolute Gasteiger partial charge is 0.478 e. The summed E-state index contributed by atoms with van der Waals surface area (Å²) in [6.07, 6.45) is -5.41. The Morgan fingerprint density at radius 2 is 2.14 bits per heavy atom. The number of carboxylic acid groups (broad SMARTS) is 1.